The molecule has 18 heavy (non-hydrogen) atoms. The lowest BCUT2D eigenvalue weighted by Gasteiger charge is -2.34. The maximum Gasteiger partial charge on any atom is 0.226 e. The van der Waals surface area contributed by atoms with Crippen molar-refractivity contribution in [2.45, 2.75) is 24.3 Å². The van der Waals surface area contributed by atoms with Crippen molar-refractivity contribution in [3.05, 3.63) is 18.0 Å². The summed E-state index contributed by atoms with van der Waals surface area (Å²) in [4.78, 5) is 10.7. The Hall–Kier alpha value is -1.50. The van der Waals surface area contributed by atoms with Crippen LogP contribution in [0.4, 0.5) is 5.95 Å². The summed E-state index contributed by atoms with van der Waals surface area (Å²) in [6.45, 7) is 6.21. The van der Waals surface area contributed by atoms with Gasteiger partial charge < -0.3 is 15.8 Å². The minimum Gasteiger partial charge on any atom is -0.409 e. The number of rotatable bonds is 2. The van der Waals surface area contributed by atoms with Gasteiger partial charge in [0, 0.05) is 29.8 Å². The summed E-state index contributed by atoms with van der Waals surface area (Å²) in [6.07, 6.45) is 1.63. The summed E-state index contributed by atoms with van der Waals surface area (Å²) in [7, 11) is 0. The highest BCUT2D eigenvalue weighted by Gasteiger charge is 2.24. The van der Waals surface area contributed by atoms with Crippen LogP contribution >= 0.6 is 11.8 Å². The molecular formula is C11H17N5OS. The van der Waals surface area contributed by atoms with Crippen molar-refractivity contribution in [3.8, 4) is 0 Å². The minimum absolute atomic E-state index is 0.00568. The average molecular weight is 267 g/mol. The Kier molecular flexibility index (Phi) is 3.90. The number of oxime groups is 1. The zero-order valence-corrected chi connectivity index (χ0v) is 11.3. The van der Waals surface area contributed by atoms with Gasteiger partial charge in [0.2, 0.25) is 5.95 Å². The number of thioether (sulfide) groups is 1. The molecule has 7 heteroatoms. The normalized spacial score (nSPS) is 25.2. The Labute approximate surface area is 110 Å². The first kappa shape index (κ1) is 12.9. The van der Waals surface area contributed by atoms with Gasteiger partial charge >= 0.3 is 0 Å². The monoisotopic (exact) mass is 267 g/mol. The molecule has 1 aromatic rings. The van der Waals surface area contributed by atoms with E-state index in [1.807, 2.05) is 11.8 Å². The lowest BCUT2D eigenvalue weighted by atomic mass is 10.3. The van der Waals surface area contributed by atoms with E-state index in [-0.39, 0.29) is 5.84 Å². The molecule has 2 heterocycles. The number of hydrogen-bond acceptors (Lipinski definition) is 6. The molecule has 0 bridgehead atoms. The van der Waals surface area contributed by atoms with Gasteiger partial charge in [-0.25, -0.2) is 9.97 Å². The van der Waals surface area contributed by atoms with Crippen LogP contribution in [0.15, 0.2) is 17.4 Å². The molecule has 3 N–H and O–H groups in total. The summed E-state index contributed by atoms with van der Waals surface area (Å²) >= 11 is 1.97. The van der Waals surface area contributed by atoms with Crippen molar-refractivity contribution in [1.82, 2.24) is 9.97 Å². The number of amidine groups is 1. The van der Waals surface area contributed by atoms with E-state index in [0.29, 0.717) is 22.1 Å². The van der Waals surface area contributed by atoms with Crippen LogP contribution in [0.2, 0.25) is 0 Å². The molecule has 0 saturated carbocycles. The van der Waals surface area contributed by atoms with E-state index >= 15 is 0 Å². The highest BCUT2D eigenvalue weighted by molar-refractivity contribution is 8.00. The molecule has 1 saturated heterocycles. The van der Waals surface area contributed by atoms with Gasteiger partial charge in [0.05, 0.1) is 0 Å². The Balaban J connectivity index is 2.22. The standard InChI is InChI=1S/C11H17N5OS/c1-7-5-16(6-8(2)18-7)11-13-4-3-9(14-11)10(12)15-17/h3-4,7-8,17H,5-6H2,1-2H3,(H2,12,15). The van der Waals surface area contributed by atoms with Crippen LogP contribution < -0.4 is 10.6 Å². The second-order valence-corrected chi connectivity index (χ2v) is 6.27. The molecule has 2 atom stereocenters. The summed E-state index contributed by atoms with van der Waals surface area (Å²) in [5.74, 6) is 0.643. The third kappa shape index (κ3) is 2.84. The Morgan fingerprint density at radius 2 is 2.17 bits per heavy atom. The lowest BCUT2D eigenvalue weighted by Crippen LogP contribution is -2.41. The quantitative estimate of drug-likeness (QED) is 0.358. The maximum atomic E-state index is 8.66. The number of nitrogens with two attached hydrogens (primary N) is 1. The van der Waals surface area contributed by atoms with Crippen molar-refractivity contribution in [3.63, 3.8) is 0 Å². The average Bonchev–Trinajstić information content (AvgIpc) is 2.37. The maximum absolute atomic E-state index is 8.66. The SMILES string of the molecule is CC1CN(c2nccc(/C(N)=N/O)n2)CC(C)S1. The predicted molar refractivity (Wildman–Crippen MR) is 73.3 cm³/mol. The van der Waals surface area contributed by atoms with Gasteiger partial charge in [-0.15, -0.1) is 0 Å². The van der Waals surface area contributed by atoms with Gasteiger partial charge in [0.25, 0.3) is 0 Å². The van der Waals surface area contributed by atoms with Gasteiger partial charge in [-0.1, -0.05) is 19.0 Å². The van der Waals surface area contributed by atoms with E-state index in [2.05, 4.69) is 33.9 Å². The minimum atomic E-state index is 0.00568. The molecule has 0 aliphatic carbocycles. The molecule has 98 valence electrons. The van der Waals surface area contributed by atoms with Gasteiger partial charge in [-0.2, -0.15) is 11.8 Å². The molecule has 1 aromatic heterocycles. The van der Waals surface area contributed by atoms with E-state index in [1.54, 1.807) is 12.3 Å². The van der Waals surface area contributed by atoms with Crippen LogP contribution in [0, 0.1) is 0 Å². The molecule has 2 unspecified atom stereocenters. The van der Waals surface area contributed by atoms with E-state index in [1.165, 1.54) is 0 Å². The van der Waals surface area contributed by atoms with E-state index in [9.17, 15) is 0 Å². The van der Waals surface area contributed by atoms with Gasteiger partial charge in [-0.3, -0.25) is 0 Å². The van der Waals surface area contributed by atoms with Crippen LogP contribution in [-0.2, 0) is 0 Å². The van der Waals surface area contributed by atoms with Crippen LogP contribution in [0.1, 0.15) is 19.5 Å². The van der Waals surface area contributed by atoms with E-state index < -0.39 is 0 Å². The van der Waals surface area contributed by atoms with Crippen LogP contribution in [0.3, 0.4) is 0 Å². The van der Waals surface area contributed by atoms with Crippen LogP contribution in [0.25, 0.3) is 0 Å². The zero-order valence-electron chi connectivity index (χ0n) is 10.4. The van der Waals surface area contributed by atoms with E-state index in [4.69, 9.17) is 10.9 Å². The molecule has 1 fully saturated rings. The van der Waals surface area contributed by atoms with Crippen molar-refractivity contribution in [1.29, 1.82) is 0 Å². The van der Waals surface area contributed by atoms with Crippen molar-refractivity contribution in [2.24, 2.45) is 10.9 Å². The summed E-state index contributed by atoms with van der Waals surface area (Å²) in [5, 5.41) is 12.7. The van der Waals surface area contributed by atoms with E-state index in [0.717, 1.165) is 13.1 Å². The van der Waals surface area contributed by atoms with Crippen LogP contribution in [0.5, 0.6) is 0 Å². The Morgan fingerprint density at radius 1 is 1.50 bits per heavy atom. The molecule has 1 aliphatic rings. The second-order valence-electron chi connectivity index (χ2n) is 4.39. The number of anilines is 1. The zero-order chi connectivity index (χ0) is 13.1. The Morgan fingerprint density at radius 3 is 2.78 bits per heavy atom. The molecule has 0 spiro atoms. The molecule has 1 aliphatic heterocycles. The fraction of sp³-hybridized carbons (Fsp3) is 0.545. The molecule has 6 nitrogen and oxygen atoms in total. The molecule has 0 amide bonds. The van der Waals surface area contributed by atoms with Crippen molar-refractivity contribution < 1.29 is 5.21 Å². The molecule has 0 aromatic carbocycles. The van der Waals surface area contributed by atoms with Gasteiger partial charge in [-0.05, 0) is 6.07 Å². The Bertz CT molecular complexity index is 443. The smallest absolute Gasteiger partial charge is 0.226 e. The fourth-order valence-corrected chi connectivity index (χ4v) is 3.36. The highest BCUT2D eigenvalue weighted by atomic mass is 32.2. The number of aromatic nitrogens is 2. The molecule has 2 rings (SSSR count). The van der Waals surface area contributed by atoms with Gasteiger partial charge in [0.15, 0.2) is 5.84 Å². The highest BCUT2D eigenvalue weighted by Crippen LogP contribution is 2.26. The summed E-state index contributed by atoms with van der Waals surface area (Å²) in [5.41, 5.74) is 5.98. The van der Waals surface area contributed by atoms with Gasteiger partial charge in [0.1, 0.15) is 5.69 Å². The third-order valence-electron chi connectivity index (χ3n) is 2.72. The molecule has 0 radical (unpaired) electrons. The second kappa shape index (κ2) is 5.43. The first-order chi connectivity index (χ1) is 8.60. The summed E-state index contributed by atoms with van der Waals surface area (Å²) < 4.78 is 0. The first-order valence-electron chi connectivity index (χ1n) is 5.81. The topological polar surface area (TPSA) is 87.6 Å². The molecular weight excluding hydrogens is 250 g/mol. The number of nitrogens with zero attached hydrogens (tertiary/aromatic N) is 4. The third-order valence-corrected chi connectivity index (χ3v) is 3.94. The van der Waals surface area contributed by atoms with Crippen LogP contribution in [-0.4, -0.2) is 44.6 Å². The van der Waals surface area contributed by atoms with Crippen molar-refractivity contribution in [2.75, 3.05) is 18.0 Å². The van der Waals surface area contributed by atoms with Crippen molar-refractivity contribution >= 4 is 23.5 Å². The largest absolute Gasteiger partial charge is 0.409 e. The lowest BCUT2D eigenvalue weighted by molar-refractivity contribution is 0.318. The summed E-state index contributed by atoms with van der Waals surface area (Å²) in [6, 6.07) is 1.63. The fourth-order valence-electron chi connectivity index (χ4n) is 2.04. The first-order valence-corrected chi connectivity index (χ1v) is 6.75. The predicted octanol–water partition coefficient (Wildman–Crippen LogP) is 0.901. The number of hydrogen-bond donors (Lipinski definition) is 2.